The quantitative estimate of drug-likeness (QED) is 0.267. The Morgan fingerprint density at radius 1 is 0.719 bits per heavy atom. The van der Waals surface area contributed by atoms with Gasteiger partial charge in [0.1, 0.15) is 11.8 Å². The standard InChI is InChI=1S/C27H19NO4/c29-25-21-14-6-7-15-22(21)26(30)28(25)23(17-18-9-2-1-3-10-18)27(31)32-24-16-8-12-19-11-4-5-13-20(19)24/h1-16,23H,17H2/t23-/m1/s1. The molecule has 1 heterocycles. The zero-order valence-corrected chi connectivity index (χ0v) is 17.1. The lowest BCUT2D eigenvalue weighted by atomic mass is 10.0. The van der Waals surface area contributed by atoms with E-state index >= 15 is 0 Å². The second-order valence-corrected chi connectivity index (χ2v) is 7.63. The van der Waals surface area contributed by atoms with Gasteiger partial charge in [0.2, 0.25) is 0 Å². The fourth-order valence-corrected chi connectivity index (χ4v) is 4.07. The van der Waals surface area contributed by atoms with Gasteiger partial charge in [-0.15, -0.1) is 0 Å². The molecule has 0 unspecified atom stereocenters. The van der Waals surface area contributed by atoms with Crippen LogP contribution < -0.4 is 4.74 Å². The Morgan fingerprint density at radius 2 is 1.31 bits per heavy atom. The van der Waals surface area contributed by atoms with Gasteiger partial charge < -0.3 is 4.74 Å². The van der Waals surface area contributed by atoms with E-state index in [0.717, 1.165) is 21.2 Å². The smallest absolute Gasteiger partial charge is 0.335 e. The molecule has 1 aliphatic heterocycles. The summed E-state index contributed by atoms with van der Waals surface area (Å²) in [5.41, 5.74) is 1.42. The largest absolute Gasteiger partial charge is 0.424 e. The number of carbonyl (C=O) groups is 3. The summed E-state index contributed by atoms with van der Waals surface area (Å²) in [6, 6.07) is 27.8. The van der Waals surface area contributed by atoms with Crippen LogP contribution in [0.2, 0.25) is 0 Å². The van der Waals surface area contributed by atoms with E-state index < -0.39 is 23.8 Å². The summed E-state index contributed by atoms with van der Waals surface area (Å²) < 4.78 is 5.78. The van der Waals surface area contributed by atoms with Crippen molar-refractivity contribution in [3.63, 3.8) is 0 Å². The number of imide groups is 1. The lowest BCUT2D eigenvalue weighted by molar-refractivity contribution is -0.138. The monoisotopic (exact) mass is 421 g/mol. The zero-order valence-electron chi connectivity index (χ0n) is 17.1. The van der Waals surface area contributed by atoms with Crippen LogP contribution in [-0.2, 0) is 11.2 Å². The normalized spacial score (nSPS) is 13.8. The zero-order chi connectivity index (χ0) is 22.1. The topological polar surface area (TPSA) is 63.7 Å². The molecule has 2 amide bonds. The molecule has 1 atom stereocenters. The van der Waals surface area contributed by atoms with Crippen LogP contribution in [0.25, 0.3) is 10.8 Å². The third-order valence-corrected chi connectivity index (χ3v) is 5.64. The Labute approximate surface area is 184 Å². The maximum atomic E-state index is 13.4. The van der Waals surface area contributed by atoms with E-state index in [2.05, 4.69) is 0 Å². The van der Waals surface area contributed by atoms with Crippen molar-refractivity contribution in [3.05, 3.63) is 114 Å². The van der Waals surface area contributed by atoms with Crippen LogP contribution in [0.15, 0.2) is 97.1 Å². The molecule has 0 fully saturated rings. The molecule has 0 saturated heterocycles. The number of ether oxygens (including phenoxy) is 1. The highest BCUT2D eigenvalue weighted by Gasteiger charge is 2.43. The molecule has 1 aliphatic rings. The molecule has 0 saturated carbocycles. The summed E-state index contributed by atoms with van der Waals surface area (Å²) in [6.45, 7) is 0. The number of nitrogens with zero attached hydrogens (tertiary/aromatic N) is 1. The van der Waals surface area contributed by atoms with Crippen LogP contribution in [0.5, 0.6) is 5.75 Å². The molecule has 5 nitrogen and oxygen atoms in total. The van der Waals surface area contributed by atoms with Gasteiger partial charge in [-0.05, 0) is 29.1 Å². The van der Waals surface area contributed by atoms with E-state index in [4.69, 9.17) is 4.74 Å². The van der Waals surface area contributed by atoms with Crippen LogP contribution in [0.1, 0.15) is 26.3 Å². The Kier molecular flexibility index (Phi) is 5.00. The van der Waals surface area contributed by atoms with Crippen molar-refractivity contribution in [2.75, 3.05) is 0 Å². The summed E-state index contributed by atoms with van der Waals surface area (Å²) in [6.07, 6.45) is 0.163. The predicted molar refractivity (Wildman–Crippen MR) is 120 cm³/mol. The average molecular weight is 421 g/mol. The first-order valence-corrected chi connectivity index (χ1v) is 10.3. The van der Waals surface area contributed by atoms with Gasteiger partial charge in [-0.2, -0.15) is 0 Å². The number of fused-ring (bicyclic) bond motifs is 2. The van der Waals surface area contributed by atoms with Gasteiger partial charge in [0, 0.05) is 11.8 Å². The highest BCUT2D eigenvalue weighted by atomic mass is 16.5. The first-order valence-electron chi connectivity index (χ1n) is 10.3. The minimum Gasteiger partial charge on any atom is -0.424 e. The predicted octanol–water partition coefficient (Wildman–Crippen LogP) is 4.65. The molecule has 4 aromatic carbocycles. The molecule has 0 radical (unpaired) electrons. The van der Waals surface area contributed by atoms with Crippen molar-refractivity contribution in [1.29, 1.82) is 0 Å². The van der Waals surface area contributed by atoms with Crippen molar-refractivity contribution >= 4 is 28.6 Å². The SMILES string of the molecule is O=C(Oc1cccc2ccccc12)[C@@H](Cc1ccccc1)N1C(=O)c2ccccc2C1=O. The van der Waals surface area contributed by atoms with Crippen LogP contribution in [0.4, 0.5) is 0 Å². The second kappa shape index (κ2) is 8.12. The molecule has 0 spiro atoms. The van der Waals surface area contributed by atoms with Crippen molar-refractivity contribution in [2.45, 2.75) is 12.5 Å². The Balaban J connectivity index is 1.52. The van der Waals surface area contributed by atoms with E-state index in [1.807, 2.05) is 60.7 Å². The van der Waals surface area contributed by atoms with E-state index in [1.165, 1.54) is 0 Å². The van der Waals surface area contributed by atoms with E-state index in [-0.39, 0.29) is 6.42 Å². The lowest BCUT2D eigenvalue weighted by Gasteiger charge is -2.25. The van der Waals surface area contributed by atoms with E-state index in [0.29, 0.717) is 16.9 Å². The van der Waals surface area contributed by atoms with E-state index in [9.17, 15) is 14.4 Å². The maximum absolute atomic E-state index is 13.4. The summed E-state index contributed by atoms with van der Waals surface area (Å²) in [4.78, 5) is 40.7. The van der Waals surface area contributed by atoms with Crippen LogP contribution in [0, 0.1) is 0 Å². The summed E-state index contributed by atoms with van der Waals surface area (Å²) in [5, 5.41) is 1.71. The van der Waals surface area contributed by atoms with E-state index in [1.54, 1.807) is 36.4 Å². The number of esters is 1. The first kappa shape index (κ1) is 19.7. The number of hydrogen-bond acceptors (Lipinski definition) is 4. The van der Waals surface area contributed by atoms with Crippen molar-refractivity contribution in [3.8, 4) is 5.75 Å². The van der Waals surface area contributed by atoms with Crippen LogP contribution in [-0.4, -0.2) is 28.7 Å². The summed E-state index contributed by atoms with van der Waals surface area (Å²) >= 11 is 0. The van der Waals surface area contributed by atoms with Crippen LogP contribution in [0.3, 0.4) is 0 Å². The number of benzene rings is 4. The molecule has 4 aromatic rings. The number of carbonyl (C=O) groups excluding carboxylic acids is 3. The summed E-state index contributed by atoms with van der Waals surface area (Å²) in [5.74, 6) is -1.23. The number of hydrogen-bond donors (Lipinski definition) is 0. The molecular formula is C27H19NO4. The fourth-order valence-electron chi connectivity index (χ4n) is 4.07. The Hall–Kier alpha value is -4.25. The van der Waals surface area contributed by atoms with Gasteiger partial charge in [-0.25, -0.2) is 4.79 Å². The van der Waals surface area contributed by atoms with Crippen molar-refractivity contribution < 1.29 is 19.1 Å². The third-order valence-electron chi connectivity index (χ3n) is 5.64. The number of rotatable bonds is 5. The van der Waals surface area contributed by atoms with Gasteiger partial charge >= 0.3 is 5.97 Å². The highest BCUT2D eigenvalue weighted by molar-refractivity contribution is 6.22. The molecule has 0 N–H and O–H groups in total. The second-order valence-electron chi connectivity index (χ2n) is 7.63. The molecule has 0 aliphatic carbocycles. The van der Waals surface area contributed by atoms with Crippen LogP contribution >= 0.6 is 0 Å². The van der Waals surface area contributed by atoms with Gasteiger partial charge in [0.25, 0.3) is 11.8 Å². The Bertz CT molecular complexity index is 1310. The molecule has 156 valence electrons. The molecular weight excluding hydrogens is 402 g/mol. The minimum absolute atomic E-state index is 0.163. The molecule has 0 bridgehead atoms. The lowest BCUT2D eigenvalue weighted by Crippen LogP contribution is -2.48. The average Bonchev–Trinajstić information content (AvgIpc) is 3.08. The molecule has 5 heteroatoms. The Morgan fingerprint density at radius 3 is 2.03 bits per heavy atom. The van der Waals surface area contributed by atoms with Gasteiger partial charge in [-0.1, -0.05) is 78.9 Å². The molecule has 5 rings (SSSR count). The summed E-state index contributed by atoms with van der Waals surface area (Å²) in [7, 11) is 0. The fraction of sp³-hybridized carbons (Fsp3) is 0.0741. The molecule has 32 heavy (non-hydrogen) atoms. The first-order chi connectivity index (χ1) is 15.6. The highest BCUT2D eigenvalue weighted by Crippen LogP contribution is 2.29. The van der Waals surface area contributed by atoms with Crippen molar-refractivity contribution in [2.24, 2.45) is 0 Å². The minimum atomic E-state index is -1.09. The van der Waals surface area contributed by atoms with Gasteiger partial charge in [0.15, 0.2) is 0 Å². The van der Waals surface area contributed by atoms with Gasteiger partial charge in [0.05, 0.1) is 11.1 Å². The molecule has 0 aromatic heterocycles. The van der Waals surface area contributed by atoms with Crippen molar-refractivity contribution in [1.82, 2.24) is 4.90 Å². The number of amides is 2. The maximum Gasteiger partial charge on any atom is 0.335 e. The van der Waals surface area contributed by atoms with Gasteiger partial charge in [-0.3, -0.25) is 14.5 Å². The third kappa shape index (κ3) is 3.44.